The molecular weight excluding hydrogens is 186 g/mol. The predicted molar refractivity (Wildman–Crippen MR) is 62.5 cm³/mol. The van der Waals surface area contributed by atoms with Gasteiger partial charge in [-0.3, -0.25) is 4.98 Å². The summed E-state index contributed by atoms with van der Waals surface area (Å²) in [5.74, 6) is 0.370. The Labute approximate surface area is 92.4 Å². The van der Waals surface area contributed by atoms with E-state index < -0.39 is 0 Å². The molecule has 0 spiro atoms. The highest BCUT2D eigenvalue weighted by Crippen LogP contribution is 2.28. The Balaban J connectivity index is 2.60. The van der Waals surface area contributed by atoms with E-state index in [4.69, 9.17) is 0 Å². The van der Waals surface area contributed by atoms with Crippen molar-refractivity contribution in [3.05, 3.63) is 30.1 Å². The molecule has 2 atom stereocenters. The number of hydrogen-bond acceptors (Lipinski definition) is 2. The van der Waals surface area contributed by atoms with Crippen molar-refractivity contribution in [3.8, 4) is 0 Å². The van der Waals surface area contributed by atoms with Crippen molar-refractivity contribution >= 4 is 0 Å². The normalized spacial score (nSPS) is 14.9. The molecule has 2 nitrogen and oxygen atoms in total. The first-order valence-electron chi connectivity index (χ1n) is 5.87. The fourth-order valence-corrected chi connectivity index (χ4v) is 1.87. The number of rotatable bonds is 6. The van der Waals surface area contributed by atoms with Crippen LogP contribution in [0.15, 0.2) is 24.5 Å². The van der Waals surface area contributed by atoms with Gasteiger partial charge < -0.3 is 5.11 Å². The van der Waals surface area contributed by atoms with Crippen LogP contribution in [0.2, 0.25) is 0 Å². The molecule has 15 heavy (non-hydrogen) atoms. The lowest BCUT2D eigenvalue weighted by Crippen LogP contribution is -2.12. The SMILES string of the molecule is CCCCC(CC)C(O)c1cccnc1. The molecule has 0 aliphatic heterocycles. The summed E-state index contributed by atoms with van der Waals surface area (Å²) in [4.78, 5) is 4.04. The predicted octanol–water partition coefficient (Wildman–Crippen LogP) is 3.33. The van der Waals surface area contributed by atoms with Gasteiger partial charge in [0.2, 0.25) is 0 Å². The topological polar surface area (TPSA) is 33.1 Å². The van der Waals surface area contributed by atoms with Gasteiger partial charge in [-0.05, 0) is 24.0 Å². The molecule has 0 fully saturated rings. The van der Waals surface area contributed by atoms with Gasteiger partial charge in [0.1, 0.15) is 0 Å². The van der Waals surface area contributed by atoms with Crippen LogP contribution in [-0.4, -0.2) is 10.1 Å². The van der Waals surface area contributed by atoms with E-state index in [2.05, 4.69) is 18.8 Å². The van der Waals surface area contributed by atoms with Gasteiger partial charge in [-0.15, -0.1) is 0 Å². The molecule has 0 amide bonds. The fraction of sp³-hybridized carbons (Fsp3) is 0.615. The van der Waals surface area contributed by atoms with E-state index in [0.717, 1.165) is 18.4 Å². The van der Waals surface area contributed by atoms with Gasteiger partial charge in [0.15, 0.2) is 0 Å². The first-order chi connectivity index (χ1) is 7.29. The molecule has 0 saturated heterocycles. The Bertz CT molecular complexity index is 260. The van der Waals surface area contributed by atoms with Crippen molar-refractivity contribution in [2.24, 2.45) is 5.92 Å². The summed E-state index contributed by atoms with van der Waals surface area (Å²) in [6.45, 7) is 4.32. The van der Waals surface area contributed by atoms with Crippen molar-refractivity contribution in [1.29, 1.82) is 0 Å². The number of aromatic nitrogens is 1. The zero-order valence-corrected chi connectivity index (χ0v) is 9.69. The third-order valence-corrected chi connectivity index (χ3v) is 2.93. The highest BCUT2D eigenvalue weighted by atomic mass is 16.3. The smallest absolute Gasteiger partial charge is 0.0832 e. The molecule has 2 heteroatoms. The quantitative estimate of drug-likeness (QED) is 0.776. The average Bonchev–Trinajstić information content (AvgIpc) is 2.31. The minimum atomic E-state index is -0.352. The summed E-state index contributed by atoms with van der Waals surface area (Å²) in [6.07, 6.45) is 7.66. The molecule has 1 heterocycles. The molecule has 84 valence electrons. The Morgan fingerprint density at radius 2 is 2.20 bits per heavy atom. The monoisotopic (exact) mass is 207 g/mol. The maximum Gasteiger partial charge on any atom is 0.0832 e. The number of unbranched alkanes of at least 4 members (excludes halogenated alkanes) is 1. The minimum absolute atomic E-state index is 0.352. The van der Waals surface area contributed by atoms with Gasteiger partial charge in [-0.25, -0.2) is 0 Å². The molecule has 0 aliphatic carbocycles. The first-order valence-corrected chi connectivity index (χ1v) is 5.87. The van der Waals surface area contributed by atoms with Gasteiger partial charge in [-0.1, -0.05) is 39.2 Å². The van der Waals surface area contributed by atoms with E-state index in [-0.39, 0.29) is 6.10 Å². The Morgan fingerprint density at radius 1 is 1.40 bits per heavy atom. The van der Waals surface area contributed by atoms with Crippen LogP contribution in [0, 0.1) is 5.92 Å². The van der Waals surface area contributed by atoms with Crippen molar-refractivity contribution in [3.63, 3.8) is 0 Å². The van der Waals surface area contributed by atoms with Crippen LogP contribution < -0.4 is 0 Å². The molecule has 2 unspecified atom stereocenters. The molecular formula is C13H21NO. The summed E-state index contributed by atoms with van der Waals surface area (Å²) >= 11 is 0. The number of aliphatic hydroxyl groups excluding tert-OH is 1. The Hall–Kier alpha value is -0.890. The second kappa shape index (κ2) is 6.57. The lowest BCUT2D eigenvalue weighted by Gasteiger charge is -2.21. The van der Waals surface area contributed by atoms with Crippen LogP contribution in [0.4, 0.5) is 0 Å². The number of hydrogen-bond donors (Lipinski definition) is 1. The largest absolute Gasteiger partial charge is 0.388 e. The van der Waals surface area contributed by atoms with Crippen molar-refractivity contribution in [2.75, 3.05) is 0 Å². The van der Waals surface area contributed by atoms with Crippen molar-refractivity contribution in [2.45, 2.75) is 45.6 Å². The van der Waals surface area contributed by atoms with Gasteiger partial charge in [0.25, 0.3) is 0 Å². The van der Waals surface area contributed by atoms with E-state index in [1.54, 1.807) is 12.4 Å². The lowest BCUT2D eigenvalue weighted by molar-refractivity contribution is 0.0986. The van der Waals surface area contributed by atoms with E-state index >= 15 is 0 Å². The molecule has 0 bridgehead atoms. The Kier molecular flexibility index (Phi) is 5.33. The number of nitrogens with zero attached hydrogens (tertiary/aromatic N) is 1. The van der Waals surface area contributed by atoms with Crippen LogP contribution in [0.3, 0.4) is 0 Å². The highest BCUT2D eigenvalue weighted by Gasteiger charge is 2.18. The molecule has 0 aliphatic rings. The lowest BCUT2D eigenvalue weighted by atomic mass is 9.90. The molecule has 1 aromatic rings. The zero-order valence-electron chi connectivity index (χ0n) is 9.69. The zero-order chi connectivity index (χ0) is 11.1. The van der Waals surface area contributed by atoms with Crippen LogP contribution in [0.25, 0.3) is 0 Å². The fourth-order valence-electron chi connectivity index (χ4n) is 1.87. The van der Waals surface area contributed by atoms with Gasteiger partial charge in [0, 0.05) is 12.4 Å². The van der Waals surface area contributed by atoms with E-state index in [1.165, 1.54) is 12.8 Å². The van der Waals surface area contributed by atoms with Crippen LogP contribution in [0.1, 0.15) is 51.2 Å². The molecule has 0 saturated carbocycles. The van der Waals surface area contributed by atoms with Crippen LogP contribution in [-0.2, 0) is 0 Å². The standard InChI is InChI=1S/C13H21NO/c1-3-5-7-11(4-2)13(15)12-8-6-9-14-10-12/h6,8-11,13,15H,3-5,7H2,1-2H3. The highest BCUT2D eigenvalue weighted by molar-refractivity contribution is 5.12. The van der Waals surface area contributed by atoms with E-state index in [1.807, 2.05) is 12.1 Å². The second-order valence-corrected chi connectivity index (χ2v) is 4.04. The second-order valence-electron chi connectivity index (χ2n) is 4.04. The first kappa shape index (κ1) is 12.2. The number of aliphatic hydroxyl groups is 1. The van der Waals surface area contributed by atoms with Crippen molar-refractivity contribution < 1.29 is 5.11 Å². The van der Waals surface area contributed by atoms with Crippen LogP contribution in [0.5, 0.6) is 0 Å². The summed E-state index contributed by atoms with van der Waals surface area (Å²) < 4.78 is 0. The van der Waals surface area contributed by atoms with Gasteiger partial charge in [0.05, 0.1) is 6.10 Å². The average molecular weight is 207 g/mol. The van der Waals surface area contributed by atoms with E-state index in [9.17, 15) is 5.11 Å². The maximum absolute atomic E-state index is 10.2. The molecule has 0 aromatic carbocycles. The third-order valence-electron chi connectivity index (χ3n) is 2.93. The maximum atomic E-state index is 10.2. The third kappa shape index (κ3) is 3.63. The van der Waals surface area contributed by atoms with Gasteiger partial charge in [-0.2, -0.15) is 0 Å². The molecule has 1 aromatic heterocycles. The summed E-state index contributed by atoms with van der Waals surface area (Å²) in [5.41, 5.74) is 0.945. The van der Waals surface area contributed by atoms with Gasteiger partial charge >= 0.3 is 0 Å². The summed E-state index contributed by atoms with van der Waals surface area (Å²) in [5, 5.41) is 10.2. The number of pyridine rings is 1. The summed E-state index contributed by atoms with van der Waals surface area (Å²) in [6, 6.07) is 3.83. The van der Waals surface area contributed by atoms with Crippen molar-refractivity contribution in [1.82, 2.24) is 4.98 Å². The molecule has 1 rings (SSSR count). The Morgan fingerprint density at radius 3 is 2.73 bits per heavy atom. The molecule has 1 N–H and O–H groups in total. The minimum Gasteiger partial charge on any atom is -0.388 e. The molecule has 0 radical (unpaired) electrons. The summed E-state index contributed by atoms with van der Waals surface area (Å²) in [7, 11) is 0. The van der Waals surface area contributed by atoms with E-state index in [0.29, 0.717) is 5.92 Å². The van der Waals surface area contributed by atoms with Crippen LogP contribution >= 0.6 is 0 Å².